The first-order valence-electron chi connectivity index (χ1n) is 5.96. The lowest BCUT2D eigenvalue weighted by molar-refractivity contribution is -0.123. The van der Waals surface area contributed by atoms with Crippen LogP contribution >= 0.6 is 11.8 Å². The van der Waals surface area contributed by atoms with Crippen LogP contribution < -0.4 is 11.1 Å². The molecule has 18 heavy (non-hydrogen) atoms. The monoisotopic (exact) mass is 268 g/mol. The van der Waals surface area contributed by atoms with E-state index in [9.17, 15) is 4.79 Å². The van der Waals surface area contributed by atoms with Crippen LogP contribution in [-0.2, 0) is 4.79 Å². The zero-order chi connectivity index (χ0) is 13.4. The Morgan fingerprint density at radius 3 is 2.89 bits per heavy atom. The minimum Gasteiger partial charge on any atom is -0.368 e. The van der Waals surface area contributed by atoms with Crippen LogP contribution in [0.2, 0.25) is 0 Å². The van der Waals surface area contributed by atoms with Crippen molar-refractivity contribution >= 4 is 17.7 Å². The van der Waals surface area contributed by atoms with Crippen LogP contribution in [0, 0.1) is 0 Å². The van der Waals surface area contributed by atoms with Crippen LogP contribution in [0.25, 0.3) is 0 Å². The number of likely N-dealkylation sites (N-methyl/N-ethyl adjacent to an activating group) is 1. The standard InChI is InChI=1S/C12H20N4OS/c1-12(14-2,11(13)17)6-3-4-8-18-10-5-7-15-9-16-10/h5,7,9,14H,3-4,6,8H2,1-2H3,(H2,13,17). The summed E-state index contributed by atoms with van der Waals surface area (Å²) in [6.07, 6.45) is 6.02. The summed E-state index contributed by atoms with van der Waals surface area (Å²) >= 11 is 1.70. The van der Waals surface area contributed by atoms with Gasteiger partial charge in [0.1, 0.15) is 6.33 Å². The van der Waals surface area contributed by atoms with Crippen molar-refractivity contribution in [2.75, 3.05) is 12.8 Å². The Hall–Kier alpha value is -1.14. The van der Waals surface area contributed by atoms with E-state index >= 15 is 0 Å². The van der Waals surface area contributed by atoms with E-state index in [4.69, 9.17) is 5.73 Å². The van der Waals surface area contributed by atoms with Crippen molar-refractivity contribution < 1.29 is 4.79 Å². The first-order valence-corrected chi connectivity index (χ1v) is 6.94. The molecule has 1 aromatic rings. The van der Waals surface area contributed by atoms with Crippen molar-refractivity contribution in [1.29, 1.82) is 0 Å². The van der Waals surface area contributed by atoms with E-state index in [0.717, 1.165) is 30.0 Å². The first kappa shape index (κ1) is 14.9. The van der Waals surface area contributed by atoms with E-state index < -0.39 is 5.54 Å². The van der Waals surface area contributed by atoms with Crippen molar-refractivity contribution in [3.8, 4) is 0 Å². The SMILES string of the molecule is CNC(C)(CCCCSc1ccncn1)C(N)=O. The van der Waals surface area contributed by atoms with Gasteiger partial charge in [0.05, 0.1) is 10.6 Å². The van der Waals surface area contributed by atoms with Gasteiger partial charge in [-0.2, -0.15) is 0 Å². The molecule has 0 aromatic carbocycles. The van der Waals surface area contributed by atoms with E-state index in [0.29, 0.717) is 0 Å². The zero-order valence-electron chi connectivity index (χ0n) is 10.8. The van der Waals surface area contributed by atoms with Crippen LogP contribution in [0.4, 0.5) is 0 Å². The van der Waals surface area contributed by atoms with E-state index in [1.807, 2.05) is 13.0 Å². The van der Waals surface area contributed by atoms with E-state index in [-0.39, 0.29) is 5.91 Å². The van der Waals surface area contributed by atoms with Gasteiger partial charge in [-0.05, 0) is 38.6 Å². The van der Waals surface area contributed by atoms with Gasteiger partial charge < -0.3 is 11.1 Å². The van der Waals surface area contributed by atoms with Crippen LogP contribution in [-0.4, -0.2) is 34.2 Å². The zero-order valence-corrected chi connectivity index (χ0v) is 11.7. The Balaban J connectivity index is 2.21. The average molecular weight is 268 g/mol. The van der Waals surface area contributed by atoms with Crippen LogP contribution in [0.5, 0.6) is 0 Å². The average Bonchev–Trinajstić information content (AvgIpc) is 2.39. The molecule has 0 radical (unpaired) electrons. The third-order valence-corrected chi connectivity index (χ3v) is 4.00. The second-order valence-electron chi connectivity index (χ2n) is 4.30. The van der Waals surface area contributed by atoms with Crippen LogP contribution in [0.1, 0.15) is 26.2 Å². The molecule has 1 heterocycles. The number of aromatic nitrogens is 2. The summed E-state index contributed by atoms with van der Waals surface area (Å²) in [6.45, 7) is 1.84. The summed E-state index contributed by atoms with van der Waals surface area (Å²) in [5, 5.41) is 3.97. The number of hydrogen-bond acceptors (Lipinski definition) is 5. The summed E-state index contributed by atoms with van der Waals surface area (Å²) in [6, 6.07) is 1.89. The topological polar surface area (TPSA) is 80.9 Å². The molecular weight excluding hydrogens is 248 g/mol. The lowest BCUT2D eigenvalue weighted by Crippen LogP contribution is -2.51. The highest BCUT2D eigenvalue weighted by atomic mass is 32.2. The Bertz CT molecular complexity index is 374. The van der Waals surface area contributed by atoms with Gasteiger partial charge in [-0.15, -0.1) is 11.8 Å². The quantitative estimate of drug-likeness (QED) is 0.421. The number of hydrogen-bond donors (Lipinski definition) is 2. The second kappa shape index (κ2) is 7.33. The molecule has 1 aromatic heterocycles. The Morgan fingerprint density at radius 1 is 1.56 bits per heavy atom. The Kier molecular flexibility index (Phi) is 6.07. The van der Waals surface area contributed by atoms with E-state index in [2.05, 4.69) is 15.3 Å². The largest absolute Gasteiger partial charge is 0.368 e. The Labute approximate surface area is 112 Å². The molecule has 1 rings (SSSR count). The molecule has 1 unspecified atom stereocenters. The number of unbranched alkanes of at least 4 members (excludes halogenated alkanes) is 1. The third kappa shape index (κ3) is 4.62. The Morgan fingerprint density at radius 2 is 2.33 bits per heavy atom. The molecule has 0 aliphatic rings. The van der Waals surface area contributed by atoms with Gasteiger partial charge in [-0.25, -0.2) is 9.97 Å². The number of nitrogens with one attached hydrogen (secondary N) is 1. The third-order valence-electron chi connectivity index (χ3n) is 2.97. The van der Waals surface area contributed by atoms with Gasteiger partial charge in [0, 0.05) is 6.20 Å². The van der Waals surface area contributed by atoms with Gasteiger partial charge in [0.15, 0.2) is 0 Å². The highest BCUT2D eigenvalue weighted by molar-refractivity contribution is 7.99. The lowest BCUT2D eigenvalue weighted by atomic mass is 9.94. The van der Waals surface area contributed by atoms with Gasteiger partial charge in [0.25, 0.3) is 0 Å². The van der Waals surface area contributed by atoms with E-state index in [1.54, 1.807) is 31.3 Å². The molecule has 0 saturated carbocycles. The molecule has 100 valence electrons. The number of thioether (sulfide) groups is 1. The number of primary amides is 1. The molecule has 0 aliphatic carbocycles. The number of carbonyl (C=O) groups is 1. The molecule has 3 N–H and O–H groups in total. The molecular formula is C12H20N4OS. The fraction of sp³-hybridized carbons (Fsp3) is 0.583. The predicted molar refractivity (Wildman–Crippen MR) is 73.3 cm³/mol. The highest BCUT2D eigenvalue weighted by Crippen LogP contribution is 2.18. The summed E-state index contributed by atoms with van der Waals surface area (Å²) in [5.41, 5.74) is 4.77. The second-order valence-corrected chi connectivity index (χ2v) is 5.41. The minimum atomic E-state index is -0.598. The number of rotatable bonds is 8. The molecule has 1 amide bonds. The summed E-state index contributed by atoms with van der Waals surface area (Å²) < 4.78 is 0. The maximum atomic E-state index is 11.3. The van der Waals surface area contributed by atoms with Crippen LogP contribution in [0.3, 0.4) is 0 Å². The highest BCUT2D eigenvalue weighted by Gasteiger charge is 2.27. The minimum absolute atomic E-state index is 0.298. The number of nitrogens with two attached hydrogens (primary N) is 1. The molecule has 0 saturated heterocycles. The van der Waals surface area contributed by atoms with Gasteiger partial charge in [0.2, 0.25) is 5.91 Å². The summed E-state index contributed by atoms with van der Waals surface area (Å²) in [4.78, 5) is 19.3. The van der Waals surface area contributed by atoms with E-state index in [1.165, 1.54) is 0 Å². The maximum Gasteiger partial charge on any atom is 0.237 e. The fourth-order valence-electron chi connectivity index (χ4n) is 1.49. The molecule has 5 nitrogen and oxygen atoms in total. The van der Waals surface area contributed by atoms with Crippen molar-refractivity contribution in [3.63, 3.8) is 0 Å². The first-order chi connectivity index (χ1) is 8.58. The smallest absolute Gasteiger partial charge is 0.237 e. The normalized spacial score (nSPS) is 14.1. The molecule has 6 heteroatoms. The summed E-state index contributed by atoms with van der Waals surface area (Å²) in [5.74, 6) is 0.684. The maximum absolute atomic E-state index is 11.3. The molecule has 1 atom stereocenters. The van der Waals surface area contributed by atoms with Crippen molar-refractivity contribution in [3.05, 3.63) is 18.6 Å². The molecule has 0 fully saturated rings. The number of carbonyl (C=O) groups excluding carboxylic acids is 1. The van der Waals surface area contributed by atoms with Crippen molar-refractivity contribution in [1.82, 2.24) is 15.3 Å². The fourth-order valence-corrected chi connectivity index (χ4v) is 2.33. The molecule has 0 spiro atoms. The van der Waals surface area contributed by atoms with Gasteiger partial charge in [-0.1, -0.05) is 6.42 Å². The molecule has 0 aliphatic heterocycles. The van der Waals surface area contributed by atoms with Crippen molar-refractivity contribution in [2.45, 2.75) is 36.8 Å². The lowest BCUT2D eigenvalue weighted by Gasteiger charge is -2.25. The number of nitrogens with zero attached hydrogens (tertiary/aromatic N) is 2. The van der Waals surface area contributed by atoms with Gasteiger partial charge >= 0.3 is 0 Å². The van der Waals surface area contributed by atoms with Gasteiger partial charge in [-0.3, -0.25) is 4.79 Å². The summed E-state index contributed by atoms with van der Waals surface area (Å²) in [7, 11) is 1.76. The predicted octanol–water partition coefficient (Wildman–Crippen LogP) is 1.20. The molecule has 0 bridgehead atoms. The van der Waals surface area contributed by atoms with Crippen molar-refractivity contribution in [2.24, 2.45) is 5.73 Å². The number of amides is 1. The van der Waals surface area contributed by atoms with Crippen LogP contribution in [0.15, 0.2) is 23.6 Å².